The van der Waals surface area contributed by atoms with Crippen molar-refractivity contribution in [3.05, 3.63) is 18.3 Å². The third-order valence-electron chi connectivity index (χ3n) is 2.68. The molecule has 0 saturated heterocycles. The smallest absolute Gasteiger partial charge is 0.230 e. The largest absolute Gasteiger partial charge is 0.493 e. The number of nitrogen functional groups attached to an aromatic ring is 1. The lowest BCUT2D eigenvalue weighted by Crippen LogP contribution is -2.00. The summed E-state index contributed by atoms with van der Waals surface area (Å²) in [6, 6.07) is 3.61. The molecular formula is C13H16N2O4. The quantitative estimate of drug-likeness (QED) is 0.892. The Kier molecular flexibility index (Phi) is 3.79. The topological polar surface area (TPSA) is 79.7 Å². The Morgan fingerprint density at radius 2 is 1.95 bits per heavy atom. The summed E-state index contributed by atoms with van der Waals surface area (Å²) in [5.74, 6) is 1.89. The summed E-state index contributed by atoms with van der Waals surface area (Å²) in [7, 11) is 3.13. The minimum Gasteiger partial charge on any atom is -0.493 e. The number of hydrogen-bond acceptors (Lipinski definition) is 6. The average molecular weight is 264 g/mol. The van der Waals surface area contributed by atoms with Gasteiger partial charge in [0.05, 0.1) is 32.6 Å². The van der Waals surface area contributed by atoms with Crippen molar-refractivity contribution >= 4 is 5.88 Å². The average Bonchev–Trinajstić information content (AvgIpc) is 2.84. The maximum Gasteiger partial charge on any atom is 0.230 e. The van der Waals surface area contributed by atoms with Gasteiger partial charge in [0.25, 0.3) is 0 Å². The van der Waals surface area contributed by atoms with E-state index in [1.807, 2.05) is 13.0 Å². The molecule has 19 heavy (non-hydrogen) atoms. The fourth-order valence-electron chi connectivity index (χ4n) is 1.85. The van der Waals surface area contributed by atoms with Crippen LogP contribution < -0.4 is 19.9 Å². The standard InChI is InChI=1S/C13H16N2O4/c1-4-18-11-8(9-7-15-19-13(9)14)5-6-10(16-2)12(11)17-3/h5-7H,4,14H2,1-3H3. The normalized spacial score (nSPS) is 10.3. The van der Waals surface area contributed by atoms with E-state index >= 15 is 0 Å². The molecule has 0 bridgehead atoms. The Balaban J connectivity index is 2.64. The number of anilines is 1. The molecule has 102 valence electrons. The van der Waals surface area contributed by atoms with Crippen LogP contribution in [0.4, 0.5) is 5.88 Å². The first kappa shape index (κ1) is 13.1. The van der Waals surface area contributed by atoms with Crippen molar-refractivity contribution in [3.8, 4) is 28.4 Å². The molecule has 2 N–H and O–H groups in total. The zero-order valence-electron chi connectivity index (χ0n) is 11.1. The fourth-order valence-corrected chi connectivity index (χ4v) is 1.85. The number of ether oxygens (including phenoxy) is 3. The van der Waals surface area contributed by atoms with Crippen LogP contribution >= 0.6 is 0 Å². The predicted octanol–water partition coefficient (Wildman–Crippen LogP) is 2.34. The Morgan fingerprint density at radius 3 is 2.47 bits per heavy atom. The van der Waals surface area contributed by atoms with Gasteiger partial charge in [0.1, 0.15) is 0 Å². The Bertz CT molecular complexity index is 566. The summed E-state index contributed by atoms with van der Waals surface area (Å²) >= 11 is 0. The summed E-state index contributed by atoms with van der Waals surface area (Å²) < 4.78 is 21.1. The van der Waals surface area contributed by atoms with Crippen molar-refractivity contribution in [2.75, 3.05) is 26.6 Å². The molecule has 1 heterocycles. The highest BCUT2D eigenvalue weighted by Gasteiger charge is 2.20. The van der Waals surface area contributed by atoms with Crippen molar-refractivity contribution in [1.29, 1.82) is 0 Å². The summed E-state index contributed by atoms with van der Waals surface area (Å²) in [5, 5.41) is 3.67. The second kappa shape index (κ2) is 5.51. The third kappa shape index (κ3) is 2.29. The number of nitrogens with zero attached hydrogens (tertiary/aromatic N) is 1. The molecular weight excluding hydrogens is 248 g/mol. The van der Waals surface area contributed by atoms with Gasteiger partial charge >= 0.3 is 0 Å². The van der Waals surface area contributed by atoms with E-state index in [1.165, 1.54) is 0 Å². The van der Waals surface area contributed by atoms with E-state index in [9.17, 15) is 0 Å². The lowest BCUT2D eigenvalue weighted by atomic mass is 10.1. The van der Waals surface area contributed by atoms with Gasteiger partial charge in [-0.2, -0.15) is 0 Å². The molecule has 0 unspecified atom stereocenters. The van der Waals surface area contributed by atoms with Crippen LogP contribution in [0.15, 0.2) is 22.9 Å². The monoisotopic (exact) mass is 264 g/mol. The minimum atomic E-state index is 0.230. The zero-order valence-corrected chi connectivity index (χ0v) is 11.1. The number of benzene rings is 1. The first-order valence-corrected chi connectivity index (χ1v) is 5.81. The lowest BCUT2D eigenvalue weighted by Gasteiger charge is -2.16. The van der Waals surface area contributed by atoms with Crippen LogP contribution in [0.25, 0.3) is 11.1 Å². The molecule has 0 saturated carbocycles. The first-order valence-electron chi connectivity index (χ1n) is 5.81. The summed E-state index contributed by atoms with van der Waals surface area (Å²) in [4.78, 5) is 0. The number of aromatic nitrogens is 1. The number of rotatable bonds is 5. The molecule has 0 aliphatic rings. The second-order valence-electron chi connectivity index (χ2n) is 3.71. The van der Waals surface area contributed by atoms with Gasteiger partial charge in [-0.15, -0.1) is 0 Å². The molecule has 0 aliphatic heterocycles. The molecule has 1 aromatic carbocycles. The van der Waals surface area contributed by atoms with E-state index in [0.29, 0.717) is 29.4 Å². The molecule has 1 aromatic heterocycles. The molecule has 6 nitrogen and oxygen atoms in total. The van der Waals surface area contributed by atoms with Crippen LogP contribution in [0.2, 0.25) is 0 Å². The molecule has 2 aromatic rings. The van der Waals surface area contributed by atoms with Gasteiger partial charge in [0.15, 0.2) is 11.5 Å². The second-order valence-corrected chi connectivity index (χ2v) is 3.71. The summed E-state index contributed by atoms with van der Waals surface area (Å²) in [6.07, 6.45) is 1.54. The Hall–Kier alpha value is -2.37. The van der Waals surface area contributed by atoms with E-state index in [-0.39, 0.29) is 5.88 Å². The molecule has 0 atom stereocenters. The van der Waals surface area contributed by atoms with Crippen molar-refractivity contribution in [1.82, 2.24) is 5.16 Å². The highest BCUT2D eigenvalue weighted by molar-refractivity contribution is 5.81. The highest BCUT2D eigenvalue weighted by atomic mass is 16.5. The molecule has 0 aliphatic carbocycles. The lowest BCUT2D eigenvalue weighted by molar-refractivity contribution is 0.298. The Labute approximate surface area is 111 Å². The van der Waals surface area contributed by atoms with Crippen molar-refractivity contribution < 1.29 is 18.7 Å². The van der Waals surface area contributed by atoms with Crippen LogP contribution in [-0.4, -0.2) is 26.0 Å². The Morgan fingerprint density at radius 1 is 1.16 bits per heavy atom. The molecule has 2 rings (SSSR count). The van der Waals surface area contributed by atoms with Gasteiger partial charge in [-0.1, -0.05) is 5.16 Å². The van der Waals surface area contributed by atoms with Crippen LogP contribution in [-0.2, 0) is 0 Å². The van der Waals surface area contributed by atoms with E-state index in [1.54, 1.807) is 26.5 Å². The third-order valence-corrected chi connectivity index (χ3v) is 2.68. The maximum absolute atomic E-state index is 5.74. The van der Waals surface area contributed by atoms with E-state index < -0.39 is 0 Å². The summed E-state index contributed by atoms with van der Waals surface area (Å²) in [5.41, 5.74) is 7.15. The van der Waals surface area contributed by atoms with Gasteiger partial charge in [-0.25, -0.2) is 0 Å². The van der Waals surface area contributed by atoms with E-state index in [0.717, 1.165) is 5.56 Å². The minimum absolute atomic E-state index is 0.230. The van der Waals surface area contributed by atoms with Gasteiger partial charge in [-0.3, -0.25) is 0 Å². The SMILES string of the molecule is CCOc1c(-c2cnoc2N)ccc(OC)c1OC. The number of nitrogens with two attached hydrogens (primary N) is 1. The molecule has 6 heteroatoms. The van der Waals surface area contributed by atoms with Gasteiger partial charge in [0, 0.05) is 5.56 Å². The van der Waals surface area contributed by atoms with Crippen molar-refractivity contribution in [3.63, 3.8) is 0 Å². The first-order chi connectivity index (χ1) is 9.22. The van der Waals surface area contributed by atoms with Gasteiger partial charge in [-0.05, 0) is 19.1 Å². The van der Waals surface area contributed by atoms with E-state index in [4.69, 9.17) is 24.5 Å². The van der Waals surface area contributed by atoms with Crippen LogP contribution in [0.3, 0.4) is 0 Å². The number of hydrogen-bond donors (Lipinski definition) is 1. The number of methoxy groups -OCH3 is 2. The van der Waals surface area contributed by atoms with E-state index in [2.05, 4.69) is 5.16 Å². The van der Waals surface area contributed by atoms with Crippen LogP contribution in [0.5, 0.6) is 17.2 Å². The zero-order chi connectivity index (χ0) is 13.8. The molecule has 0 amide bonds. The van der Waals surface area contributed by atoms with Gasteiger partial charge in [0.2, 0.25) is 11.6 Å². The fraction of sp³-hybridized carbons (Fsp3) is 0.308. The van der Waals surface area contributed by atoms with Gasteiger partial charge < -0.3 is 24.5 Å². The maximum atomic E-state index is 5.74. The molecule has 0 spiro atoms. The summed E-state index contributed by atoms with van der Waals surface area (Å²) in [6.45, 7) is 2.38. The highest BCUT2D eigenvalue weighted by Crippen LogP contribution is 2.45. The van der Waals surface area contributed by atoms with Crippen LogP contribution in [0.1, 0.15) is 6.92 Å². The molecule has 0 fully saturated rings. The predicted molar refractivity (Wildman–Crippen MR) is 70.6 cm³/mol. The van der Waals surface area contributed by atoms with Crippen LogP contribution in [0, 0.1) is 0 Å². The molecule has 0 radical (unpaired) electrons. The van der Waals surface area contributed by atoms with Crippen molar-refractivity contribution in [2.24, 2.45) is 0 Å². The van der Waals surface area contributed by atoms with Crippen molar-refractivity contribution in [2.45, 2.75) is 6.92 Å².